The molecule has 94 valence electrons. The summed E-state index contributed by atoms with van der Waals surface area (Å²) in [5, 5.41) is 0. The first kappa shape index (κ1) is 12.3. The number of nitrogens with two attached hydrogens (primary N) is 1. The summed E-state index contributed by atoms with van der Waals surface area (Å²) >= 11 is 0. The lowest BCUT2D eigenvalue weighted by Gasteiger charge is -2.40. The average molecular weight is 226 g/mol. The van der Waals surface area contributed by atoms with Gasteiger partial charge < -0.3 is 10.5 Å². The van der Waals surface area contributed by atoms with Gasteiger partial charge in [0.1, 0.15) is 0 Å². The van der Waals surface area contributed by atoms with E-state index in [0.717, 1.165) is 44.4 Å². The molecular formula is C13H26N2O. The van der Waals surface area contributed by atoms with Crippen molar-refractivity contribution in [3.8, 4) is 0 Å². The molecule has 0 aromatic heterocycles. The van der Waals surface area contributed by atoms with Gasteiger partial charge in [0.05, 0.1) is 0 Å². The molecule has 2 N–H and O–H groups in total. The second-order valence-corrected chi connectivity index (χ2v) is 5.75. The molecule has 0 saturated carbocycles. The van der Waals surface area contributed by atoms with Crippen molar-refractivity contribution in [3.63, 3.8) is 0 Å². The summed E-state index contributed by atoms with van der Waals surface area (Å²) in [5.74, 6) is 1.63. The van der Waals surface area contributed by atoms with Crippen LogP contribution in [0.1, 0.15) is 33.1 Å². The molecule has 2 fully saturated rings. The summed E-state index contributed by atoms with van der Waals surface area (Å²) in [5.41, 5.74) is 6.31. The quantitative estimate of drug-likeness (QED) is 0.775. The van der Waals surface area contributed by atoms with Gasteiger partial charge in [0.25, 0.3) is 0 Å². The smallest absolute Gasteiger partial charge is 0.0484 e. The van der Waals surface area contributed by atoms with Crippen molar-refractivity contribution in [2.45, 2.75) is 38.6 Å². The number of nitrogens with zero attached hydrogens (tertiary/aromatic N) is 1. The highest BCUT2D eigenvalue weighted by molar-refractivity contribution is 4.97. The van der Waals surface area contributed by atoms with Gasteiger partial charge in [0, 0.05) is 38.4 Å². The van der Waals surface area contributed by atoms with E-state index >= 15 is 0 Å². The Kier molecular flexibility index (Phi) is 3.88. The van der Waals surface area contributed by atoms with Crippen LogP contribution in [0.3, 0.4) is 0 Å². The standard InChI is InChI=1S/C13H26N2O/c1-11-8-15(9-12(11)2)13(10-14)4-3-6-16-7-5-13/h11-12H,3-10,14H2,1-2H3. The molecule has 2 aliphatic heterocycles. The van der Waals surface area contributed by atoms with E-state index in [1.54, 1.807) is 0 Å². The Balaban J connectivity index is 2.08. The zero-order valence-corrected chi connectivity index (χ0v) is 10.7. The molecule has 16 heavy (non-hydrogen) atoms. The third-order valence-corrected chi connectivity index (χ3v) is 4.68. The van der Waals surface area contributed by atoms with Crippen LogP contribution in [0.2, 0.25) is 0 Å². The van der Waals surface area contributed by atoms with E-state index in [1.807, 2.05) is 0 Å². The van der Waals surface area contributed by atoms with Crippen molar-refractivity contribution in [3.05, 3.63) is 0 Å². The van der Waals surface area contributed by atoms with E-state index in [4.69, 9.17) is 10.5 Å². The van der Waals surface area contributed by atoms with E-state index in [0.29, 0.717) is 0 Å². The number of ether oxygens (including phenoxy) is 1. The largest absolute Gasteiger partial charge is 0.381 e. The molecule has 3 heteroatoms. The molecule has 0 aromatic carbocycles. The fourth-order valence-corrected chi connectivity index (χ4v) is 3.16. The lowest BCUT2D eigenvalue weighted by Crippen LogP contribution is -2.53. The zero-order chi connectivity index (χ0) is 11.6. The Bertz CT molecular complexity index is 214. The van der Waals surface area contributed by atoms with Gasteiger partial charge in [-0.15, -0.1) is 0 Å². The van der Waals surface area contributed by atoms with E-state index < -0.39 is 0 Å². The van der Waals surface area contributed by atoms with Gasteiger partial charge in [0.2, 0.25) is 0 Å². The predicted octanol–water partition coefficient (Wildman–Crippen LogP) is 1.47. The normalized spacial score (nSPS) is 42.2. The van der Waals surface area contributed by atoms with Crippen LogP contribution in [0.5, 0.6) is 0 Å². The third kappa shape index (κ3) is 2.27. The van der Waals surface area contributed by atoms with Gasteiger partial charge >= 0.3 is 0 Å². The van der Waals surface area contributed by atoms with Gasteiger partial charge in [0.15, 0.2) is 0 Å². The highest BCUT2D eigenvalue weighted by Gasteiger charge is 2.41. The van der Waals surface area contributed by atoms with Crippen LogP contribution in [0.15, 0.2) is 0 Å². The first-order valence-electron chi connectivity index (χ1n) is 6.71. The van der Waals surface area contributed by atoms with Crippen LogP contribution >= 0.6 is 0 Å². The fraction of sp³-hybridized carbons (Fsp3) is 1.00. The molecule has 3 atom stereocenters. The lowest BCUT2D eigenvalue weighted by atomic mass is 9.88. The van der Waals surface area contributed by atoms with Crippen LogP contribution in [0.25, 0.3) is 0 Å². The molecule has 2 aliphatic rings. The average Bonchev–Trinajstić information content (AvgIpc) is 2.54. The van der Waals surface area contributed by atoms with Crippen LogP contribution in [-0.4, -0.2) is 43.3 Å². The molecule has 0 aromatic rings. The van der Waals surface area contributed by atoms with Gasteiger partial charge in [-0.05, 0) is 31.1 Å². The maximum atomic E-state index is 6.08. The summed E-state index contributed by atoms with van der Waals surface area (Å²) in [4.78, 5) is 2.65. The maximum Gasteiger partial charge on any atom is 0.0484 e. The Morgan fingerprint density at radius 1 is 1.19 bits per heavy atom. The first-order chi connectivity index (χ1) is 7.68. The molecular weight excluding hydrogens is 200 g/mol. The van der Waals surface area contributed by atoms with E-state index in [1.165, 1.54) is 19.5 Å². The molecule has 0 bridgehead atoms. The van der Waals surface area contributed by atoms with Crippen LogP contribution in [0, 0.1) is 11.8 Å². The Morgan fingerprint density at radius 3 is 2.50 bits per heavy atom. The molecule has 0 aliphatic carbocycles. The third-order valence-electron chi connectivity index (χ3n) is 4.68. The SMILES string of the molecule is CC1CN(C2(CN)CCCOCC2)CC1C. The summed E-state index contributed by atoms with van der Waals surface area (Å²) in [6.07, 6.45) is 3.49. The van der Waals surface area contributed by atoms with E-state index in [2.05, 4.69) is 18.7 Å². The van der Waals surface area contributed by atoms with Crippen LogP contribution < -0.4 is 5.73 Å². The number of hydrogen-bond acceptors (Lipinski definition) is 3. The van der Waals surface area contributed by atoms with Crippen LogP contribution in [-0.2, 0) is 4.74 Å². The number of likely N-dealkylation sites (tertiary alicyclic amines) is 1. The Hall–Kier alpha value is -0.120. The van der Waals surface area contributed by atoms with Crippen molar-refractivity contribution < 1.29 is 4.74 Å². The number of rotatable bonds is 2. The maximum absolute atomic E-state index is 6.08. The minimum Gasteiger partial charge on any atom is -0.381 e. The van der Waals surface area contributed by atoms with Gasteiger partial charge in [-0.1, -0.05) is 13.8 Å². The van der Waals surface area contributed by atoms with Crippen molar-refractivity contribution in [2.24, 2.45) is 17.6 Å². The minimum absolute atomic E-state index is 0.232. The summed E-state index contributed by atoms with van der Waals surface area (Å²) in [7, 11) is 0. The van der Waals surface area contributed by atoms with E-state index in [9.17, 15) is 0 Å². The van der Waals surface area contributed by atoms with Crippen molar-refractivity contribution in [1.29, 1.82) is 0 Å². The molecule has 2 heterocycles. The van der Waals surface area contributed by atoms with Gasteiger partial charge in [-0.3, -0.25) is 4.90 Å². The van der Waals surface area contributed by atoms with Gasteiger partial charge in [-0.2, -0.15) is 0 Å². The second-order valence-electron chi connectivity index (χ2n) is 5.75. The Labute approximate surface area is 99.3 Å². The lowest BCUT2D eigenvalue weighted by molar-refractivity contribution is 0.0833. The Morgan fingerprint density at radius 2 is 1.88 bits per heavy atom. The highest BCUT2D eigenvalue weighted by atomic mass is 16.5. The second kappa shape index (κ2) is 5.03. The van der Waals surface area contributed by atoms with E-state index in [-0.39, 0.29) is 5.54 Å². The summed E-state index contributed by atoms with van der Waals surface area (Å²) < 4.78 is 5.58. The van der Waals surface area contributed by atoms with Crippen molar-refractivity contribution >= 4 is 0 Å². The number of hydrogen-bond donors (Lipinski definition) is 1. The molecule has 2 saturated heterocycles. The fourth-order valence-electron chi connectivity index (χ4n) is 3.16. The molecule has 3 nitrogen and oxygen atoms in total. The molecule has 2 rings (SSSR count). The van der Waals surface area contributed by atoms with Crippen LogP contribution in [0.4, 0.5) is 0 Å². The molecule has 0 amide bonds. The minimum atomic E-state index is 0.232. The van der Waals surface area contributed by atoms with Gasteiger partial charge in [-0.25, -0.2) is 0 Å². The highest BCUT2D eigenvalue weighted by Crippen LogP contribution is 2.34. The first-order valence-corrected chi connectivity index (χ1v) is 6.71. The molecule has 0 radical (unpaired) electrons. The summed E-state index contributed by atoms with van der Waals surface area (Å²) in [6, 6.07) is 0. The predicted molar refractivity (Wildman–Crippen MR) is 66.4 cm³/mol. The van der Waals surface area contributed by atoms with Crippen molar-refractivity contribution in [1.82, 2.24) is 4.90 Å². The monoisotopic (exact) mass is 226 g/mol. The topological polar surface area (TPSA) is 38.5 Å². The zero-order valence-electron chi connectivity index (χ0n) is 10.7. The summed E-state index contributed by atoms with van der Waals surface area (Å²) in [6.45, 7) is 9.76. The molecule has 3 unspecified atom stereocenters. The van der Waals surface area contributed by atoms with Crippen molar-refractivity contribution in [2.75, 3.05) is 32.8 Å². The molecule has 0 spiro atoms.